The third-order valence-electron chi connectivity index (χ3n) is 4.48. The highest BCUT2D eigenvalue weighted by Gasteiger charge is 2.27. The molecule has 2 atom stereocenters. The summed E-state index contributed by atoms with van der Waals surface area (Å²) in [7, 11) is 0. The second-order valence-corrected chi connectivity index (χ2v) is 7.84. The number of thioether (sulfide) groups is 1. The lowest BCUT2D eigenvalue weighted by atomic mass is 9.97. The van der Waals surface area contributed by atoms with Gasteiger partial charge in [-0.3, -0.25) is 9.59 Å². The maximum atomic E-state index is 12.6. The quantitative estimate of drug-likeness (QED) is 0.796. The fourth-order valence-corrected chi connectivity index (χ4v) is 3.72. The summed E-state index contributed by atoms with van der Waals surface area (Å²) in [4.78, 5) is 36.3. The number of amides is 1. The van der Waals surface area contributed by atoms with Gasteiger partial charge in [-0.15, -0.1) is 0 Å². The molecule has 0 aliphatic carbocycles. The van der Waals surface area contributed by atoms with Gasteiger partial charge >= 0.3 is 5.97 Å². The Morgan fingerprint density at radius 2 is 1.81 bits per heavy atom. The van der Waals surface area contributed by atoms with Gasteiger partial charge in [-0.25, -0.2) is 4.79 Å². The highest BCUT2D eigenvalue weighted by Crippen LogP contribution is 2.20. The van der Waals surface area contributed by atoms with Crippen molar-refractivity contribution in [1.82, 2.24) is 5.32 Å². The van der Waals surface area contributed by atoms with Gasteiger partial charge in [0.2, 0.25) is 5.91 Å². The van der Waals surface area contributed by atoms with Gasteiger partial charge in [-0.05, 0) is 18.4 Å². The summed E-state index contributed by atoms with van der Waals surface area (Å²) in [6.07, 6.45) is 5.27. The first-order valence-electron chi connectivity index (χ1n) is 9.20. The Hall–Kier alpha value is -1.82. The molecule has 0 bridgehead atoms. The highest BCUT2D eigenvalue weighted by atomic mass is 32.2. The van der Waals surface area contributed by atoms with E-state index in [0.717, 1.165) is 37.7 Å². The van der Waals surface area contributed by atoms with Gasteiger partial charge in [0.25, 0.3) is 0 Å². The molecule has 1 aliphatic rings. The standard InChI is InChI=1S/C20H27NO4S/c1-15(22)26-14-17-11-7-2-3-8-12-18(21-19(17)23)20(24)25-13-16-9-5-4-6-10-16/h4-6,9-10,17-18H,2-3,7-8,11-14H2,1H3,(H,21,23). The molecule has 1 fully saturated rings. The molecule has 1 saturated heterocycles. The van der Waals surface area contributed by atoms with Crippen LogP contribution in [-0.4, -0.2) is 28.8 Å². The summed E-state index contributed by atoms with van der Waals surface area (Å²) >= 11 is 1.17. The Bertz CT molecular complexity index is 605. The molecule has 5 nitrogen and oxygen atoms in total. The van der Waals surface area contributed by atoms with Gasteiger partial charge in [0.1, 0.15) is 12.6 Å². The Kier molecular flexibility index (Phi) is 8.68. The first kappa shape index (κ1) is 20.5. The lowest BCUT2D eigenvalue weighted by molar-refractivity contribution is -0.149. The normalized spacial score (nSPS) is 21.5. The maximum absolute atomic E-state index is 12.6. The first-order valence-corrected chi connectivity index (χ1v) is 10.2. The molecule has 26 heavy (non-hydrogen) atoms. The lowest BCUT2D eigenvalue weighted by Gasteiger charge is -2.23. The average Bonchev–Trinajstić information content (AvgIpc) is 2.64. The molecule has 142 valence electrons. The zero-order valence-electron chi connectivity index (χ0n) is 15.2. The van der Waals surface area contributed by atoms with Gasteiger partial charge in [0, 0.05) is 18.6 Å². The summed E-state index contributed by atoms with van der Waals surface area (Å²) in [6.45, 7) is 1.71. The number of ether oxygens (including phenoxy) is 1. The molecule has 1 amide bonds. The number of hydrogen-bond donors (Lipinski definition) is 1. The number of carbonyl (C=O) groups excluding carboxylic acids is 3. The van der Waals surface area contributed by atoms with E-state index in [-0.39, 0.29) is 29.5 Å². The van der Waals surface area contributed by atoms with Crippen LogP contribution >= 0.6 is 11.8 Å². The molecule has 2 rings (SSSR count). The molecule has 0 saturated carbocycles. The first-order chi connectivity index (χ1) is 12.6. The third-order valence-corrected chi connectivity index (χ3v) is 5.45. The molecule has 0 aromatic heterocycles. The number of carbonyl (C=O) groups is 3. The summed E-state index contributed by atoms with van der Waals surface area (Å²) < 4.78 is 5.40. The van der Waals surface area contributed by atoms with E-state index in [0.29, 0.717) is 12.2 Å². The zero-order valence-corrected chi connectivity index (χ0v) is 16.1. The number of nitrogens with one attached hydrogen (secondary N) is 1. The van der Waals surface area contributed by atoms with Crippen LogP contribution in [0.3, 0.4) is 0 Å². The number of hydrogen-bond acceptors (Lipinski definition) is 5. The molecule has 0 radical (unpaired) electrons. The van der Waals surface area contributed by atoms with Crippen molar-refractivity contribution in [2.24, 2.45) is 5.92 Å². The second kappa shape index (κ2) is 11.0. The number of esters is 1. The van der Waals surface area contributed by atoms with Crippen molar-refractivity contribution in [2.45, 2.75) is 58.1 Å². The minimum absolute atomic E-state index is 0.00807. The van der Waals surface area contributed by atoms with Gasteiger partial charge in [-0.2, -0.15) is 0 Å². The Balaban J connectivity index is 1.94. The van der Waals surface area contributed by atoms with E-state index in [1.807, 2.05) is 30.3 Å². The molecule has 1 aliphatic heterocycles. The van der Waals surface area contributed by atoms with Gasteiger partial charge < -0.3 is 10.1 Å². The predicted molar refractivity (Wildman–Crippen MR) is 102 cm³/mol. The third kappa shape index (κ3) is 7.20. The van der Waals surface area contributed by atoms with E-state index in [1.165, 1.54) is 18.7 Å². The zero-order chi connectivity index (χ0) is 18.8. The molecule has 1 N–H and O–H groups in total. The minimum atomic E-state index is -0.617. The van der Waals surface area contributed by atoms with Crippen molar-refractivity contribution in [1.29, 1.82) is 0 Å². The molecule has 2 unspecified atom stereocenters. The van der Waals surface area contributed by atoms with Crippen LogP contribution in [0.1, 0.15) is 51.0 Å². The fraction of sp³-hybridized carbons (Fsp3) is 0.550. The van der Waals surface area contributed by atoms with Crippen LogP contribution in [0.25, 0.3) is 0 Å². The molecular formula is C20H27NO4S. The molecular weight excluding hydrogens is 350 g/mol. The van der Waals surface area contributed by atoms with E-state index in [4.69, 9.17) is 4.74 Å². The SMILES string of the molecule is CC(=O)SCC1CCCCCCC(C(=O)OCc2ccccc2)NC1=O. The minimum Gasteiger partial charge on any atom is -0.459 e. The molecule has 1 heterocycles. The van der Waals surface area contributed by atoms with Crippen LogP contribution in [0.2, 0.25) is 0 Å². The second-order valence-electron chi connectivity index (χ2n) is 6.65. The van der Waals surface area contributed by atoms with E-state index in [9.17, 15) is 14.4 Å². The topological polar surface area (TPSA) is 72.5 Å². The summed E-state index contributed by atoms with van der Waals surface area (Å²) in [5, 5.41) is 2.87. The number of rotatable bonds is 5. The average molecular weight is 378 g/mol. The Morgan fingerprint density at radius 1 is 1.12 bits per heavy atom. The van der Waals surface area contributed by atoms with Crippen LogP contribution in [0, 0.1) is 5.92 Å². The van der Waals surface area contributed by atoms with Crippen molar-refractivity contribution in [3.05, 3.63) is 35.9 Å². The van der Waals surface area contributed by atoms with Crippen molar-refractivity contribution < 1.29 is 19.1 Å². The van der Waals surface area contributed by atoms with E-state index in [1.54, 1.807) is 0 Å². The lowest BCUT2D eigenvalue weighted by Crippen LogP contribution is -2.45. The Labute approximate surface area is 159 Å². The van der Waals surface area contributed by atoms with Crippen LogP contribution in [0.5, 0.6) is 0 Å². The highest BCUT2D eigenvalue weighted by molar-refractivity contribution is 8.13. The van der Waals surface area contributed by atoms with Gasteiger partial charge in [-0.1, -0.05) is 67.8 Å². The van der Waals surface area contributed by atoms with E-state index in [2.05, 4.69) is 5.32 Å². The fourth-order valence-electron chi connectivity index (χ4n) is 2.97. The van der Waals surface area contributed by atoms with E-state index >= 15 is 0 Å². The van der Waals surface area contributed by atoms with Crippen LogP contribution < -0.4 is 5.32 Å². The van der Waals surface area contributed by atoms with Crippen LogP contribution in [-0.2, 0) is 25.7 Å². The van der Waals surface area contributed by atoms with Gasteiger partial charge in [0.15, 0.2) is 5.12 Å². The molecule has 0 spiro atoms. The maximum Gasteiger partial charge on any atom is 0.328 e. The van der Waals surface area contributed by atoms with Crippen molar-refractivity contribution >= 4 is 28.8 Å². The molecule has 1 aromatic rings. The van der Waals surface area contributed by atoms with Crippen molar-refractivity contribution in [3.63, 3.8) is 0 Å². The van der Waals surface area contributed by atoms with Crippen molar-refractivity contribution in [2.75, 3.05) is 5.75 Å². The largest absolute Gasteiger partial charge is 0.459 e. The molecule has 1 aromatic carbocycles. The van der Waals surface area contributed by atoms with Crippen LogP contribution in [0.4, 0.5) is 0 Å². The summed E-state index contributed by atoms with van der Waals surface area (Å²) in [6, 6.07) is 8.88. The number of benzene rings is 1. The van der Waals surface area contributed by atoms with Gasteiger partial charge in [0.05, 0.1) is 0 Å². The van der Waals surface area contributed by atoms with Crippen molar-refractivity contribution in [3.8, 4) is 0 Å². The Morgan fingerprint density at radius 3 is 2.50 bits per heavy atom. The monoisotopic (exact) mass is 377 g/mol. The van der Waals surface area contributed by atoms with Crippen LogP contribution in [0.15, 0.2) is 30.3 Å². The molecule has 6 heteroatoms. The summed E-state index contributed by atoms with van der Waals surface area (Å²) in [5.74, 6) is -0.318. The smallest absolute Gasteiger partial charge is 0.328 e. The summed E-state index contributed by atoms with van der Waals surface area (Å²) in [5.41, 5.74) is 0.919. The van der Waals surface area contributed by atoms with E-state index < -0.39 is 6.04 Å². The predicted octanol–water partition coefficient (Wildman–Crippen LogP) is 3.46.